The minimum Gasteiger partial charge on any atom is -0.487 e. The molecule has 1 N–H and O–H groups in total. The average molecular weight is 351 g/mol. The Labute approximate surface area is 152 Å². The van der Waals surface area contributed by atoms with E-state index in [1.54, 1.807) is 38.1 Å². The number of pyridine rings is 1. The number of carboxylic acid groups (broad SMARTS) is 1. The van der Waals surface area contributed by atoms with E-state index in [0.717, 1.165) is 16.6 Å². The lowest BCUT2D eigenvalue weighted by atomic mass is 10.0. The molecule has 3 aromatic rings. The van der Waals surface area contributed by atoms with E-state index in [9.17, 15) is 9.90 Å². The third kappa shape index (κ3) is 3.94. The van der Waals surface area contributed by atoms with Crippen molar-refractivity contribution in [1.29, 1.82) is 0 Å². The van der Waals surface area contributed by atoms with Crippen LogP contribution in [0.2, 0.25) is 0 Å². The highest BCUT2D eigenvalue weighted by Gasteiger charge is 2.33. The second-order valence-electron chi connectivity index (χ2n) is 6.25. The molecular weight excluding hydrogens is 330 g/mol. The van der Waals surface area contributed by atoms with Crippen LogP contribution in [0.5, 0.6) is 11.5 Å². The zero-order valence-corrected chi connectivity index (χ0v) is 14.8. The first-order chi connectivity index (χ1) is 12.5. The summed E-state index contributed by atoms with van der Waals surface area (Å²) in [6.45, 7) is 3.65. The van der Waals surface area contributed by atoms with Crippen molar-refractivity contribution in [3.63, 3.8) is 0 Å². The molecule has 0 amide bonds. The van der Waals surface area contributed by atoms with E-state index in [1.807, 2.05) is 36.4 Å². The van der Waals surface area contributed by atoms with Gasteiger partial charge in [0.1, 0.15) is 18.1 Å². The van der Waals surface area contributed by atoms with Crippen molar-refractivity contribution in [3.8, 4) is 11.5 Å². The van der Waals surface area contributed by atoms with E-state index in [0.29, 0.717) is 24.5 Å². The van der Waals surface area contributed by atoms with Crippen molar-refractivity contribution >= 4 is 16.9 Å². The fourth-order valence-electron chi connectivity index (χ4n) is 2.50. The Hall–Kier alpha value is -3.08. The fourth-order valence-corrected chi connectivity index (χ4v) is 2.50. The zero-order valence-electron chi connectivity index (χ0n) is 14.8. The molecule has 0 bridgehead atoms. The van der Waals surface area contributed by atoms with E-state index >= 15 is 0 Å². The van der Waals surface area contributed by atoms with E-state index in [1.165, 1.54) is 0 Å². The lowest BCUT2D eigenvalue weighted by Crippen LogP contribution is -2.40. The van der Waals surface area contributed by atoms with Crippen LogP contribution in [0.15, 0.2) is 60.7 Å². The predicted molar refractivity (Wildman–Crippen MR) is 99.5 cm³/mol. The fraction of sp³-hybridized carbons (Fsp3) is 0.238. The van der Waals surface area contributed by atoms with E-state index < -0.39 is 11.6 Å². The molecule has 0 aliphatic carbocycles. The van der Waals surface area contributed by atoms with Crippen LogP contribution in [-0.4, -0.2) is 21.7 Å². The molecule has 0 spiro atoms. The van der Waals surface area contributed by atoms with E-state index in [-0.39, 0.29) is 0 Å². The van der Waals surface area contributed by atoms with Gasteiger partial charge >= 0.3 is 5.97 Å². The number of aromatic nitrogens is 1. The van der Waals surface area contributed by atoms with E-state index in [2.05, 4.69) is 4.98 Å². The molecule has 0 aliphatic rings. The second-order valence-corrected chi connectivity index (χ2v) is 6.25. The molecule has 1 atom stereocenters. The molecule has 134 valence electrons. The third-order valence-electron chi connectivity index (χ3n) is 4.32. The first kappa shape index (κ1) is 17.7. The number of carbonyl (C=O) groups is 1. The number of hydrogen-bond donors (Lipinski definition) is 1. The monoisotopic (exact) mass is 351 g/mol. The summed E-state index contributed by atoms with van der Waals surface area (Å²) >= 11 is 0. The van der Waals surface area contributed by atoms with Crippen molar-refractivity contribution in [2.24, 2.45) is 0 Å². The number of ether oxygens (including phenoxy) is 2. The average Bonchev–Trinajstić information content (AvgIpc) is 2.66. The topological polar surface area (TPSA) is 68.7 Å². The van der Waals surface area contributed by atoms with Crippen molar-refractivity contribution in [3.05, 3.63) is 66.4 Å². The van der Waals surface area contributed by atoms with E-state index in [4.69, 9.17) is 9.47 Å². The van der Waals surface area contributed by atoms with Gasteiger partial charge in [0.25, 0.3) is 0 Å². The summed E-state index contributed by atoms with van der Waals surface area (Å²) < 4.78 is 11.5. The van der Waals surface area contributed by atoms with Crippen molar-refractivity contribution in [1.82, 2.24) is 4.98 Å². The summed E-state index contributed by atoms with van der Waals surface area (Å²) in [5.74, 6) is 0.0636. The quantitative estimate of drug-likeness (QED) is 0.681. The van der Waals surface area contributed by atoms with Crippen LogP contribution in [0.4, 0.5) is 0 Å². The summed E-state index contributed by atoms with van der Waals surface area (Å²) in [7, 11) is 0. The Morgan fingerprint density at radius 2 is 1.85 bits per heavy atom. The molecule has 1 heterocycles. The number of para-hydroxylation sites is 1. The zero-order chi connectivity index (χ0) is 18.6. The van der Waals surface area contributed by atoms with Crippen LogP contribution in [-0.2, 0) is 11.4 Å². The molecule has 5 heteroatoms. The summed E-state index contributed by atoms with van der Waals surface area (Å²) in [5, 5.41) is 10.4. The molecule has 0 radical (unpaired) electrons. The number of aliphatic carboxylic acids is 1. The minimum atomic E-state index is -1.27. The Morgan fingerprint density at radius 3 is 2.62 bits per heavy atom. The largest absolute Gasteiger partial charge is 0.487 e. The van der Waals surface area contributed by atoms with Gasteiger partial charge in [0, 0.05) is 11.5 Å². The van der Waals surface area contributed by atoms with Crippen LogP contribution in [0.25, 0.3) is 10.9 Å². The molecule has 26 heavy (non-hydrogen) atoms. The Bertz CT molecular complexity index is 925. The summed E-state index contributed by atoms with van der Waals surface area (Å²) in [4.78, 5) is 16.0. The van der Waals surface area contributed by atoms with Gasteiger partial charge in [-0.25, -0.2) is 9.78 Å². The minimum absolute atomic E-state index is 0.318. The summed E-state index contributed by atoms with van der Waals surface area (Å²) in [6, 6.07) is 18.8. The number of benzene rings is 2. The molecule has 5 nitrogen and oxygen atoms in total. The van der Waals surface area contributed by atoms with Gasteiger partial charge in [0.15, 0.2) is 0 Å². The van der Waals surface area contributed by atoms with Gasteiger partial charge in [-0.05, 0) is 37.6 Å². The second kappa shape index (κ2) is 7.44. The molecule has 0 aliphatic heterocycles. The van der Waals surface area contributed by atoms with Crippen molar-refractivity contribution in [2.45, 2.75) is 32.5 Å². The highest BCUT2D eigenvalue weighted by atomic mass is 16.5. The number of nitrogens with zero attached hydrogens (tertiary/aromatic N) is 1. The van der Waals surface area contributed by atoms with Crippen molar-refractivity contribution in [2.75, 3.05) is 0 Å². The maximum atomic E-state index is 11.4. The highest BCUT2D eigenvalue weighted by molar-refractivity contribution is 5.78. The van der Waals surface area contributed by atoms with Crippen molar-refractivity contribution < 1.29 is 19.4 Å². The van der Waals surface area contributed by atoms with Gasteiger partial charge in [0.05, 0.1) is 11.2 Å². The van der Waals surface area contributed by atoms with Crippen LogP contribution in [0.3, 0.4) is 0 Å². The molecule has 0 saturated heterocycles. The SMILES string of the molecule is CCC(C)(Oc1cccc(OCc2ccc3ccccc3n2)c1)C(=O)O. The maximum absolute atomic E-state index is 11.4. The van der Waals surface area contributed by atoms with Crippen LogP contribution in [0, 0.1) is 0 Å². The Balaban J connectivity index is 1.71. The smallest absolute Gasteiger partial charge is 0.347 e. The third-order valence-corrected chi connectivity index (χ3v) is 4.32. The van der Waals surface area contributed by atoms with Gasteiger partial charge in [-0.1, -0.05) is 37.3 Å². The van der Waals surface area contributed by atoms with Gasteiger partial charge < -0.3 is 14.6 Å². The van der Waals surface area contributed by atoms with Gasteiger partial charge in [-0.3, -0.25) is 0 Å². The standard InChI is InChI=1S/C21H21NO4/c1-3-21(2,20(23)24)26-18-9-6-8-17(13-18)25-14-16-12-11-15-7-4-5-10-19(15)22-16/h4-13H,3,14H2,1-2H3,(H,23,24). The molecular formula is C21H21NO4. The van der Waals surface area contributed by atoms with Crippen LogP contribution >= 0.6 is 0 Å². The summed E-state index contributed by atoms with van der Waals surface area (Å²) in [5.41, 5.74) is 0.475. The number of fused-ring (bicyclic) bond motifs is 1. The first-order valence-electron chi connectivity index (χ1n) is 8.50. The normalized spacial score (nSPS) is 13.2. The number of rotatable bonds is 7. The maximum Gasteiger partial charge on any atom is 0.347 e. The van der Waals surface area contributed by atoms with Gasteiger partial charge in [0.2, 0.25) is 5.60 Å². The first-order valence-corrected chi connectivity index (χ1v) is 8.50. The molecule has 0 saturated carbocycles. The Kier molecular flexibility index (Phi) is 5.07. The molecule has 2 aromatic carbocycles. The lowest BCUT2D eigenvalue weighted by molar-refractivity contribution is -0.154. The summed E-state index contributed by atoms with van der Waals surface area (Å²) in [6.07, 6.45) is 0.356. The predicted octanol–water partition coefficient (Wildman–Crippen LogP) is 4.45. The van der Waals surface area contributed by atoms with Crippen LogP contribution < -0.4 is 9.47 Å². The van der Waals surface area contributed by atoms with Gasteiger partial charge in [-0.15, -0.1) is 0 Å². The molecule has 3 rings (SSSR count). The lowest BCUT2D eigenvalue weighted by Gasteiger charge is -2.25. The molecule has 1 aromatic heterocycles. The van der Waals surface area contributed by atoms with Crippen LogP contribution in [0.1, 0.15) is 26.0 Å². The number of carboxylic acids is 1. The molecule has 0 fully saturated rings. The van der Waals surface area contributed by atoms with Gasteiger partial charge in [-0.2, -0.15) is 0 Å². The number of hydrogen-bond acceptors (Lipinski definition) is 4. The molecule has 1 unspecified atom stereocenters. The Morgan fingerprint density at radius 1 is 1.08 bits per heavy atom. The highest BCUT2D eigenvalue weighted by Crippen LogP contribution is 2.26.